The van der Waals surface area contributed by atoms with Gasteiger partial charge in [-0.15, -0.1) is 11.3 Å². The average Bonchev–Trinajstić information content (AvgIpc) is 2.80. The minimum Gasteiger partial charge on any atom is -0.488 e. The summed E-state index contributed by atoms with van der Waals surface area (Å²) in [6.07, 6.45) is 0. The molecule has 0 atom stereocenters. The number of halogens is 2. The van der Waals surface area contributed by atoms with Crippen molar-refractivity contribution in [3.05, 3.63) is 51.7 Å². The lowest BCUT2D eigenvalue weighted by Crippen LogP contribution is -2.34. The van der Waals surface area contributed by atoms with E-state index in [1.807, 2.05) is 12.1 Å². The fourth-order valence-electron chi connectivity index (χ4n) is 1.71. The van der Waals surface area contributed by atoms with Crippen LogP contribution in [0.3, 0.4) is 0 Å². The first-order valence-electron chi connectivity index (χ1n) is 6.73. The molecule has 0 aliphatic heterocycles. The van der Waals surface area contributed by atoms with Gasteiger partial charge in [-0.05, 0) is 32.9 Å². The quantitative estimate of drug-likeness (QED) is 0.878. The lowest BCUT2D eigenvalue weighted by molar-refractivity contribution is 0.306. The van der Waals surface area contributed by atoms with E-state index in [1.165, 1.54) is 17.0 Å². The Morgan fingerprint density at radius 2 is 1.67 bits per heavy atom. The van der Waals surface area contributed by atoms with Gasteiger partial charge in [0.25, 0.3) is 0 Å². The molecule has 0 bridgehead atoms. The number of hydrogen-bond donors (Lipinski definition) is 1. The van der Waals surface area contributed by atoms with Gasteiger partial charge in [-0.3, -0.25) is 0 Å². The fraction of sp³-hybridized carbons (Fsp3) is 0.375. The highest BCUT2D eigenvalue weighted by Gasteiger charge is 2.10. The zero-order valence-electron chi connectivity index (χ0n) is 12.4. The Bertz CT molecular complexity index is 584. The summed E-state index contributed by atoms with van der Waals surface area (Å²) in [7, 11) is 0. The lowest BCUT2D eigenvalue weighted by Gasteiger charge is -2.19. The Hall–Kier alpha value is -1.46. The highest BCUT2D eigenvalue weighted by molar-refractivity contribution is 7.11. The third kappa shape index (κ3) is 5.44. The summed E-state index contributed by atoms with van der Waals surface area (Å²) >= 11 is 1.63. The molecule has 0 amide bonds. The van der Waals surface area contributed by atoms with Gasteiger partial charge >= 0.3 is 0 Å². The van der Waals surface area contributed by atoms with Gasteiger partial charge in [-0.25, -0.2) is 8.78 Å². The van der Waals surface area contributed by atoms with Crippen molar-refractivity contribution in [1.29, 1.82) is 0 Å². The number of benzene rings is 1. The molecule has 2 aromatic rings. The van der Waals surface area contributed by atoms with E-state index in [4.69, 9.17) is 4.74 Å². The number of nitrogens with one attached hydrogen (secondary N) is 1. The van der Waals surface area contributed by atoms with Gasteiger partial charge in [0.2, 0.25) is 0 Å². The molecule has 1 aromatic carbocycles. The van der Waals surface area contributed by atoms with Crippen molar-refractivity contribution >= 4 is 11.3 Å². The molecule has 1 N–H and O–H groups in total. The summed E-state index contributed by atoms with van der Waals surface area (Å²) in [5.74, 6) is -1.06. The Labute approximate surface area is 127 Å². The maximum atomic E-state index is 13.0. The van der Waals surface area contributed by atoms with Crippen LogP contribution in [0, 0.1) is 11.6 Å². The lowest BCUT2D eigenvalue weighted by atomic mass is 10.1. The van der Waals surface area contributed by atoms with Crippen molar-refractivity contribution in [1.82, 2.24) is 5.32 Å². The van der Waals surface area contributed by atoms with Crippen LogP contribution in [0.2, 0.25) is 0 Å². The molecular formula is C16H19F2NOS. The summed E-state index contributed by atoms with van der Waals surface area (Å²) in [6, 6.07) is 7.19. The maximum absolute atomic E-state index is 13.0. The second-order valence-electron chi connectivity index (χ2n) is 5.87. The summed E-state index contributed by atoms with van der Waals surface area (Å²) in [6.45, 7) is 7.45. The molecule has 0 radical (unpaired) electrons. The van der Waals surface area contributed by atoms with Crippen LogP contribution in [-0.2, 0) is 13.2 Å². The molecule has 1 heterocycles. The van der Waals surface area contributed by atoms with Crippen LogP contribution in [-0.4, -0.2) is 5.54 Å². The molecule has 0 saturated carbocycles. The van der Waals surface area contributed by atoms with E-state index in [2.05, 4.69) is 26.1 Å². The summed E-state index contributed by atoms with van der Waals surface area (Å²) in [5.41, 5.74) is 0.0692. The van der Waals surface area contributed by atoms with Gasteiger partial charge in [0.1, 0.15) is 24.0 Å². The van der Waals surface area contributed by atoms with Gasteiger partial charge in [0, 0.05) is 40.0 Å². The molecule has 2 nitrogen and oxygen atoms in total. The van der Waals surface area contributed by atoms with Crippen molar-refractivity contribution in [3.8, 4) is 5.75 Å². The molecule has 0 aliphatic carbocycles. The van der Waals surface area contributed by atoms with Crippen molar-refractivity contribution in [3.63, 3.8) is 0 Å². The van der Waals surface area contributed by atoms with Crippen LogP contribution in [0.4, 0.5) is 8.78 Å². The van der Waals surface area contributed by atoms with Crippen molar-refractivity contribution in [2.75, 3.05) is 0 Å². The minimum atomic E-state index is -0.633. The van der Waals surface area contributed by atoms with Gasteiger partial charge in [0.15, 0.2) is 0 Å². The van der Waals surface area contributed by atoms with E-state index in [0.717, 1.165) is 17.5 Å². The molecule has 0 unspecified atom stereocenters. The predicted octanol–water partition coefficient (Wildman–Crippen LogP) is 4.49. The van der Waals surface area contributed by atoms with E-state index in [-0.39, 0.29) is 11.3 Å². The first-order chi connectivity index (χ1) is 9.82. The Morgan fingerprint density at radius 3 is 2.29 bits per heavy atom. The van der Waals surface area contributed by atoms with E-state index >= 15 is 0 Å². The van der Waals surface area contributed by atoms with E-state index in [1.54, 1.807) is 11.3 Å². The van der Waals surface area contributed by atoms with E-state index in [9.17, 15) is 8.78 Å². The standard InChI is InChI=1S/C16H19F2NOS/c1-16(2,3)19-9-14-4-5-15(21-14)10-20-13-7-11(17)6-12(18)8-13/h4-8,19H,9-10H2,1-3H3. The monoisotopic (exact) mass is 311 g/mol. The Balaban J connectivity index is 1.90. The van der Waals surface area contributed by atoms with Crippen LogP contribution in [0.1, 0.15) is 30.5 Å². The fourth-order valence-corrected chi connectivity index (χ4v) is 2.58. The highest BCUT2D eigenvalue weighted by Crippen LogP contribution is 2.21. The molecule has 114 valence electrons. The van der Waals surface area contributed by atoms with Crippen molar-refractivity contribution in [2.24, 2.45) is 0 Å². The zero-order valence-corrected chi connectivity index (χ0v) is 13.2. The van der Waals surface area contributed by atoms with E-state index < -0.39 is 11.6 Å². The zero-order chi connectivity index (χ0) is 15.5. The normalized spacial score (nSPS) is 11.7. The van der Waals surface area contributed by atoms with E-state index in [0.29, 0.717) is 6.61 Å². The summed E-state index contributed by atoms with van der Waals surface area (Å²) in [4.78, 5) is 2.22. The first kappa shape index (κ1) is 15.9. The number of ether oxygens (including phenoxy) is 1. The van der Waals surface area contributed by atoms with Crippen LogP contribution in [0.15, 0.2) is 30.3 Å². The van der Waals surface area contributed by atoms with Gasteiger partial charge in [-0.2, -0.15) is 0 Å². The summed E-state index contributed by atoms with van der Waals surface area (Å²) in [5, 5.41) is 3.41. The molecule has 0 saturated heterocycles. The molecule has 0 aliphatic rings. The second-order valence-corrected chi connectivity index (χ2v) is 7.12. The van der Waals surface area contributed by atoms with Crippen molar-refractivity contribution in [2.45, 2.75) is 39.5 Å². The SMILES string of the molecule is CC(C)(C)NCc1ccc(COc2cc(F)cc(F)c2)s1. The number of hydrogen-bond acceptors (Lipinski definition) is 3. The van der Waals surface area contributed by atoms with Gasteiger partial charge in [-0.1, -0.05) is 0 Å². The third-order valence-corrected chi connectivity index (χ3v) is 3.79. The first-order valence-corrected chi connectivity index (χ1v) is 7.55. The van der Waals surface area contributed by atoms with Crippen LogP contribution >= 0.6 is 11.3 Å². The average molecular weight is 311 g/mol. The molecule has 5 heteroatoms. The van der Waals surface area contributed by atoms with Gasteiger partial charge < -0.3 is 10.1 Å². The summed E-state index contributed by atoms with van der Waals surface area (Å²) < 4.78 is 31.5. The van der Waals surface area contributed by atoms with Crippen molar-refractivity contribution < 1.29 is 13.5 Å². The van der Waals surface area contributed by atoms with Crippen LogP contribution in [0.25, 0.3) is 0 Å². The smallest absolute Gasteiger partial charge is 0.129 e. The van der Waals surface area contributed by atoms with Crippen LogP contribution < -0.4 is 10.1 Å². The molecule has 0 fully saturated rings. The van der Waals surface area contributed by atoms with Gasteiger partial charge in [0.05, 0.1) is 0 Å². The number of thiophene rings is 1. The Kier molecular flexibility index (Phi) is 4.96. The predicted molar refractivity (Wildman–Crippen MR) is 81.6 cm³/mol. The molecule has 21 heavy (non-hydrogen) atoms. The second kappa shape index (κ2) is 6.54. The molecular weight excluding hydrogens is 292 g/mol. The number of rotatable bonds is 5. The molecule has 1 aromatic heterocycles. The minimum absolute atomic E-state index is 0.0692. The third-order valence-electron chi connectivity index (χ3n) is 2.73. The maximum Gasteiger partial charge on any atom is 0.129 e. The topological polar surface area (TPSA) is 21.3 Å². The molecule has 2 rings (SSSR count). The largest absolute Gasteiger partial charge is 0.488 e. The van der Waals surface area contributed by atoms with Crippen LogP contribution in [0.5, 0.6) is 5.75 Å². The Morgan fingerprint density at radius 1 is 1.05 bits per heavy atom. The molecule has 0 spiro atoms. The highest BCUT2D eigenvalue weighted by atomic mass is 32.1.